The van der Waals surface area contributed by atoms with E-state index < -0.39 is 0 Å². The van der Waals surface area contributed by atoms with Gasteiger partial charge in [-0.05, 0) is 36.8 Å². The summed E-state index contributed by atoms with van der Waals surface area (Å²) in [6.45, 7) is 1.39. The van der Waals surface area contributed by atoms with Crippen molar-refractivity contribution in [1.82, 2.24) is 10.2 Å². The van der Waals surface area contributed by atoms with Crippen molar-refractivity contribution in [3.8, 4) is 5.75 Å². The molecule has 1 amide bonds. The minimum Gasteiger partial charge on any atom is -0.495 e. The number of methoxy groups -OCH3 is 2. The zero-order chi connectivity index (χ0) is 17.4. The van der Waals surface area contributed by atoms with Crippen LogP contribution in [0.1, 0.15) is 16.9 Å². The van der Waals surface area contributed by atoms with E-state index in [2.05, 4.69) is 20.8 Å². The largest absolute Gasteiger partial charge is 0.495 e. The lowest BCUT2D eigenvalue weighted by Crippen LogP contribution is -2.15. The molecule has 0 fully saturated rings. The lowest BCUT2D eigenvalue weighted by Gasteiger charge is -2.08. The summed E-state index contributed by atoms with van der Waals surface area (Å²) in [4.78, 5) is 12.2. The maximum absolute atomic E-state index is 12.2. The number of benzene rings is 1. The van der Waals surface area contributed by atoms with Crippen molar-refractivity contribution in [2.75, 3.05) is 38.0 Å². The second kappa shape index (κ2) is 9.05. The van der Waals surface area contributed by atoms with E-state index in [1.165, 1.54) is 7.11 Å². The number of rotatable bonds is 8. The molecule has 2 rings (SSSR count). The summed E-state index contributed by atoms with van der Waals surface area (Å²) in [5, 5.41) is 14.1. The molecule has 1 aromatic carbocycles. The highest BCUT2D eigenvalue weighted by atomic mass is 35.5. The topological polar surface area (TPSA) is 85.4 Å². The fourth-order valence-electron chi connectivity index (χ4n) is 1.92. The quantitative estimate of drug-likeness (QED) is 0.712. The molecule has 0 saturated carbocycles. The highest BCUT2D eigenvalue weighted by Gasteiger charge is 2.10. The summed E-state index contributed by atoms with van der Waals surface area (Å²) >= 11 is 6.03. The van der Waals surface area contributed by atoms with Gasteiger partial charge in [0, 0.05) is 25.9 Å². The van der Waals surface area contributed by atoms with Gasteiger partial charge < -0.3 is 20.1 Å². The molecule has 24 heavy (non-hydrogen) atoms. The Morgan fingerprint density at radius 2 is 2.04 bits per heavy atom. The van der Waals surface area contributed by atoms with Crippen molar-refractivity contribution < 1.29 is 14.3 Å². The molecule has 0 spiro atoms. The zero-order valence-corrected chi connectivity index (χ0v) is 14.3. The molecule has 7 nitrogen and oxygen atoms in total. The SMILES string of the molecule is COCCCNc1ccc(C(=O)Nc2ccc(OC)c(Cl)c2)nn1. The van der Waals surface area contributed by atoms with Crippen LogP contribution >= 0.6 is 11.6 Å². The van der Waals surface area contributed by atoms with E-state index in [4.69, 9.17) is 21.1 Å². The van der Waals surface area contributed by atoms with Crippen molar-refractivity contribution in [2.45, 2.75) is 6.42 Å². The number of nitrogens with one attached hydrogen (secondary N) is 2. The smallest absolute Gasteiger partial charge is 0.276 e. The Morgan fingerprint density at radius 3 is 2.67 bits per heavy atom. The first kappa shape index (κ1) is 18.0. The van der Waals surface area contributed by atoms with E-state index in [9.17, 15) is 4.79 Å². The first-order chi connectivity index (χ1) is 11.6. The Hall–Kier alpha value is -2.38. The minimum atomic E-state index is -0.366. The van der Waals surface area contributed by atoms with Crippen LogP contribution in [0.15, 0.2) is 30.3 Å². The summed E-state index contributed by atoms with van der Waals surface area (Å²) < 4.78 is 10.0. The van der Waals surface area contributed by atoms with Crippen LogP contribution in [0.25, 0.3) is 0 Å². The van der Waals surface area contributed by atoms with E-state index in [1.54, 1.807) is 37.4 Å². The molecule has 1 aromatic heterocycles. The van der Waals surface area contributed by atoms with Crippen molar-refractivity contribution in [3.63, 3.8) is 0 Å². The Morgan fingerprint density at radius 1 is 1.21 bits per heavy atom. The fourth-order valence-corrected chi connectivity index (χ4v) is 2.18. The molecule has 0 aliphatic carbocycles. The normalized spacial score (nSPS) is 10.3. The maximum atomic E-state index is 12.2. The highest BCUT2D eigenvalue weighted by Crippen LogP contribution is 2.27. The van der Waals surface area contributed by atoms with E-state index in [0.29, 0.717) is 28.9 Å². The average Bonchev–Trinajstić information content (AvgIpc) is 2.59. The van der Waals surface area contributed by atoms with E-state index >= 15 is 0 Å². The maximum Gasteiger partial charge on any atom is 0.276 e. The summed E-state index contributed by atoms with van der Waals surface area (Å²) in [6.07, 6.45) is 0.860. The second-order valence-corrected chi connectivity index (χ2v) is 5.29. The van der Waals surface area contributed by atoms with Gasteiger partial charge in [0.1, 0.15) is 11.6 Å². The molecule has 0 saturated heterocycles. The first-order valence-electron chi connectivity index (χ1n) is 7.35. The third-order valence-electron chi connectivity index (χ3n) is 3.14. The Labute approximate surface area is 145 Å². The predicted molar refractivity (Wildman–Crippen MR) is 93.0 cm³/mol. The number of nitrogens with zero attached hydrogens (tertiary/aromatic N) is 2. The lowest BCUT2D eigenvalue weighted by molar-refractivity contribution is 0.102. The van der Waals surface area contributed by atoms with Crippen LogP contribution in [0.2, 0.25) is 5.02 Å². The molecule has 8 heteroatoms. The first-order valence-corrected chi connectivity index (χ1v) is 7.73. The van der Waals surface area contributed by atoms with E-state index in [-0.39, 0.29) is 11.6 Å². The van der Waals surface area contributed by atoms with Crippen molar-refractivity contribution >= 4 is 29.0 Å². The minimum absolute atomic E-state index is 0.212. The number of hydrogen-bond acceptors (Lipinski definition) is 6. The molecular formula is C16H19ClN4O3. The van der Waals surface area contributed by atoms with Crippen molar-refractivity contribution in [2.24, 2.45) is 0 Å². The van der Waals surface area contributed by atoms with Crippen LogP contribution in [-0.2, 0) is 4.74 Å². The van der Waals surface area contributed by atoms with Gasteiger partial charge in [-0.25, -0.2) is 0 Å². The van der Waals surface area contributed by atoms with Gasteiger partial charge in [0.05, 0.1) is 12.1 Å². The standard InChI is InChI=1S/C16H19ClN4O3/c1-23-9-3-8-18-15-7-5-13(20-21-15)16(22)19-11-4-6-14(24-2)12(17)10-11/h4-7,10H,3,8-9H2,1-2H3,(H,18,21)(H,19,22). The molecule has 0 aliphatic heterocycles. The van der Waals surface area contributed by atoms with Crippen LogP contribution in [-0.4, -0.2) is 43.5 Å². The number of aromatic nitrogens is 2. The monoisotopic (exact) mass is 350 g/mol. The number of halogens is 1. The van der Waals surface area contributed by atoms with Gasteiger partial charge in [-0.3, -0.25) is 4.79 Å². The van der Waals surface area contributed by atoms with Crippen LogP contribution in [0.5, 0.6) is 5.75 Å². The van der Waals surface area contributed by atoms with Crippen LogP contribution in [0.4, 0.5) is 11.5 Å². The molecule has 0 aliphatic rings. The number of ether oxygens (including phenoxy) is 2. The van der Waals surface area contributed by atoms with Gasteiger partial charge >= 0.3 is 0 Å². The number of carbonyl (C=O) groups excluding carboxylic acids is 1. The summed E-state index contributed by atoms with van der Waals surface area (Å²) in [5.74, 6) is 0.781. The van der Waals surface area contributed by atoms with Crippen molar-refractivity contribution in [1.29, 1.82) is 0 Å². The molecule has 0 unspecified atom stereocenters. The Bertz CT molecular complexity index is 680. The Balaban J connectivity index is 1.93. The van der Waals surface area contributed by atoms with Crippen molar-refractivity contribution in [3.05, 3.63) is 41.0 Å². The zero-order valence-electron chi connectivity index (χ0n) is 13.5. The van der Waals surface area contributed by atoms with Crippen LogP contribution in [0.3, 0.4) is 0 Å². The molecule has 0 atom stereocenters. The number of amides is 1. The van der Waals surface area contributed by atoms with Gasteiger partial charge in [0.2, 0.25) is 0 Å². The molecule has 2 aromatic rings. The molecule has 0 radical (unpaired) electrons. The molecule has 2 N–H and O–H groups in total. The molecule has 0 bridgehead atoms. The second-order valence-electron chi connectivity index (χ2n) is 4.88. The van der Waals surface area contributed by atoms with Gasteiger partial charge in [-0.15, -0.1) is 10.2 Å². The predicted octanol–water partition coefficient (Wildman–Crippen LogP) is 2.84. The number of hydrogen-bond donors (Lipinski definition) is 2. The summed E-state index contributed by atoms with van der Waals surface area (Å²) in [5.41, 5.74) is 0.763. The summed E-state index contributed by atoms with van der Waals surface area (Å²) in [7, 11) is 3.18. The van der Waals surface area contributed by atoms with Gasteiger partial charge in [0.25, 0.3) is 5.91 Å². The summed E-state index contributed by atoms with van der Waals surface area (Å²) in [6, 6.07) is 8.29. The number of anilines is 2. The van der Waals surface area contributed by atoms with Gasteiger partial charge in [0.15, 0.2) is 5.69 Å². The molecular weight excluding hydrogens is 332 g/mol. The Kier molecular flexibility index (Phi) is 6.77. The fraction of sp³-hybridized carbons (Fsp3) is 0.312. The van der Waals surface area contributed by atoms with Crippen LogP contribution in [0, 0.1) is 0 Å². The lowest BCUT2D eigenvalue weighted by atomic mass is 10.3. The van der Waals surface area contributed by atoms with Gasteiger partial charge in [-0.1, -0.05) is 11.6 Å². The molecule has 128 valence electrons. The van der Waals surface area contributed by atoms with E-state index in [1.807, 2.05) is 0 Å². The highest BCUT2D eigenvalue weighted by molar-refractivity contribution is 6.32. The third kappa shape index (κ3) is 5.07. The van der Waals surface area contributed by atoms with E-state index in [0.717, 1.165) is 13.0 Å². The average molecular weight is 351 g/mol. The van der Waals surface area contributed by atoms with Gasteiger partial charge in [-0.2, -0.15) is 0 Å². The third-order valence-corrected chi connectivity index (χ3v) is 3.43. The number of carbonyl (C=O) groups is 1. The van der Waals surface area contributed by atoms with Crippen LogP contribution < -0.4 is 15.4 Å². The molecule has 1 heterocycles.